The zero-order valence-electron chi connectivity index (χ0n) is 14.8. The molecule has 0 bridgehead atoms. The van der Waals surface area contributed by atoms with Gasteiger partial charge in [-0.05, 0) is 60.9 Å². The van der Waals surface area contributed by atoms with E-state index < -0.39 is 0 Å². The molecular formula is C20H16ClN3O3S. The van der Waals surface area contributed by atoms with Crippen molar-refractivity contribution in [2.45, 2.75) is 24.5 Å². The molecule has 2 heterocycles. The number of fused-ring (bicyclic) bond motifs is 1. The van der Waals surface area contributed by atoms with Crippen molar-refractivity contribution in [3.8, 4) is 11.5 Å². The van der Waals surface area contributed by atoms with Crippen LogP contribution in [0.25, 0.3) is 11.5 Å². The Hall–Kier alpha value is -2.64. The lowest BCUT2D eigenvalue weighted by molar-refractivity contribution is -0.116. The average molecular weight is 414 g/mol. The topological polar surface area (TPSA) is 85.1 Å². The highest BCUT2D eigenvalue weighted by molar-refractivity contribution is 7.99. The Morgan fingerprint density at radius 1 is 1.14 bits per heavy atom. The van der Waals surface area contributed by atoms with E-state index in [1.165, 1.54) is 11.8 Å². The van der Waals surface area contributed by atoms with E-state index in [1.54, 1.807) is 36.4 Å². The fraction of sp³-hybridized carbons (Fsp3) is 0.200. The third-order valence-electron chi connectivity index (χ3n) is 4.38. The molecule has 6 nitrogen and oxygen atoms in total. The summed E-state index contributed by atoms with van der Waals surface area (Å²) >= 11 is 7.08. The van der Waals surface area contributed by atoms with Gasteiger partial charge in [-0.3, -0.25) is 9.59 Å². The molecule has 0 saturated heterocycles. The van der Waals surface area contributed by atoms with E-state index in [0.29, 0.717) is 28.1 Å². The van der Waals surface area contributed by atoms with Crippen molar-refractivity contribution >= 4 is 40.7 Å². The van der Waals surface area contributed by atoms with Crippen LogP contribution in [-0.2, 0) is 11.2 Å². The number of Topliss-reactive ketones (excluding diaryl/α,β-unsaturated/α-hetero) is 1. The van der Waals surface area contributed by atoms with Gasteiger partial charge < -0.3 is 9.73 Å². The van der Waals surface area contributed by atoms with Crippen molar-refractivity contribution in [1.29, 1.82) is 0 Å². The molecule has 0 unspecified atom stereocenters. The summed E-state index contributed by atoms with van der Waals surface area (Å²) in [6.07, 6.45) is 2.05. The molecule has 1 N–H and O–H groups in total. The molecule has 1 aromatic heterocycles. The SMILES string of the molecule is O=C1CCCc2cc(C(=O)CSc3nnc(-c4ccc(Cl)cc4)o3)ccc2N1. The number of aromatic nitrogens is 2. The maximum Gasteiger partial charge on any atom is 0.277 e. The summed E-state index contributed by atoms with van der Waals surface area (Å²) in [6, 6.07) is 12.5. The van der Waals surface area contributed by atoms with Gasteiger partial charge in [0.15, 0.2) is 5.78 Å². The minimum atomic E-state index is -0.0328. The van der Waals surface area contributed by atoms with Crippen molar-refractivity contribution in [3.63, 3.8) is 0 Å². The van der Waals surface area contributed by atoms with Gasteiger partial charge in [-0.1, -0.05) is 23.4 Å². The molecule has 4 rings (SSSR count). The Kier molecular flexibility index (Phi) is 5.45. The van der Waals surface area contributed by atoms with Gasteiger partial charge in [0.1, 0.15) is 0 Å². The number of rotatable bonds is 5. The van der Waals surface area contributed by atoms with E-state index >= 15 is 0 Å². The second kappa shape index (κ2) is 8.16. The van der Waals surface area contributed by atoms with Crippen molar-refractivity contribution in [3.05, 3.63) is 58.6 Å². The molecule has 1 aliphatic heterocycles. The van der Waals surface area contributed by atoms with Crippen LogP contribution < -0.4 is 5.32 Å². The fourth-order valence-electron chi connectivity index (χ4n) is 2.94. The van der Waals surface area contributed by atoms with Gasteiger partial charge in [0.2, 0.25) is 11.8 Å². The molecule has 0 aliphatic carbocycles. The number of halogens is 1. The molecule has 2 aromatic carbocycles. The summed E-state index contributed by atoms with van der Waals surface area (Å²) in [7, 11) is 0. The van der Waals surface area contributed by atoms with Crippen LogP contribution in [0.3, 0.4) is 0 Å². The van der Waals surface area contributed by atoms with Gasteiger partial charge in [0.05, 0.1) is 5.75 Å². The number of carbonyl (C=O) groups excluding carboxylic acids is 2. The lowest BCUT2D eigenvalue weighted by Crippen LogP contribution is -2.10. The summed E-state index contributed by atoms with van der Waals surface area (Å²) < 4.78 is 5.61. The maximum atomic E-state index is 12.6. The number of nitrogens with one attached hydrogen (secondary N) is 1. The molecule has 1 aliphatic rings. The lowest BCUT2D eigenvalue weighted by Gasteiger charge is -2.08. The molecular weight excluding hydrogens is 398 g/mol. The summed E-state index contributed by atoms with van der Waals surface area (Å²) in [5.74, 6) is 0.552. The second-order valence-corrected chi connectivity index (χ2v) is 7.73. The number of thioether (sulfide) groups is 1. The number of hydrogen-bond donors (Lipinski definition) is 1. The molecule has 1 amide bonds. The van der Waals surface area contributed by atoms with Crippen LogP contribution in [-0.4, -0.2) is 27.6 Å². The van der Waals surface area contributed by atoms with Gasteiger partial charge >= 0.3 is 0 Å². The minimum absolute atomic E-state index is 0.0151. The monoisotopic (exact) mass is 413 g/mol. The van der Waals surface area contributed by atoms with Gasteiger partial charge in [-0.25, -0.2) is 0 Å². The predicted octanol–water partition coefficient (Wildman–Crippen LogP) is 4.64. The number of hydrogen-bond acceptors (Lipinski definition) is 6. The zero-order valence-corrected chi connectivity index (χ0v) is 16.3. The van der Waals surface area contributed by atoms with E-state index in [2.05, 4.69) is 15.5 Å². The quantitative estimate of drug-likeness (QED) is 0.484. The molecule has 0 spiro atoms. The van der Waals surface area contributed by atoms with Crippen molar-refractivity contribution in [2.24, 2.45) is 0 Å². The van der Waals surface area contributed by atoms with E-state index in [-0.39, 0.29) is 17.4 Å². The number of amides is 1. The van der Waals surface area contributed by atoms with E-state index in [0.717, 1.165) is 29.7 Å². The Balaban J connectivity index is 1.41. The number of ketones is 1. The third kappa shape index (κ3) is 4.26. The summed E-state index contributed by atoms with van der Waals surface area (Å²) in [5.41, 5.74) is 3.16. The van der Waals surface area contributed by atoms with Crippen LogP contribution in [0.15, 0.2) is 52.1 Å². The standard InChI is InChI=1S/C20H16ClN3O3S/c21-15-7-4-12(5-8-15)19-23-24-20(27-19)28-11-17(25)14-6-9-16-13(10-14)2-1-3-18(26)22-16/h4-10H,1-3,11H2,(H,22,26). The predicted molar refractivity (Wildman–Crippen MR) is 108 cm³/mol. The number of anilines is 1. The van der Waals surface area contributed by atoms with Crippen LogP contribution in [0.1, 0.15) is 28.8 Å². The first-order chi connectivity index (χ1) is 13.6. The Morgan fingerprint density at radius 2 is 1.96 bits per heavy atom. The van der Waals surface area contributed by atoms with Crippen molar-refractivity contribution in [2.75, 3.05) is 11.1 Å². The first kappa shape index (κ1) is 18.7. The highest BCUT2D eigenvalue weighted by atomic mass is 35.5. The first-order valence-electron chi connectivity index (χ1n) is 8.77. The van der Waals surface area contributed by atoms with Crippen LogP contribution in [0.5, 0.6) is 0 Å². The van der Waals surface area contributed by atoms with E-state index in [9.17, 15) is 9.59 Å². The van der Waals surface area contributed by atoms with Crippen LogP contribution in [0.2, 0.25) is 5.02 Å². The van der Waals surface area contributed by atoms with Crippen molar-refractivity contribution in [1.82, 2.24) is 10.2 Å². The highest BCUT2D eigenvalue weighted by Crippen LogP contribution is 2.27. The van der Waals surface area contributed by atoms with Gasteiger partial charge in [-0.2, -0.15) is 0 Å². The molecule has 0 saturated carbocycles. The van der Waals surface area contributed by atoms with Crippen molar-refractivity contribution < 1.29 is 14.0 Å². The molecule has 8 heteroatoms. The number of carbonyl (C=O) groups is 2. The summed E-state index contributed by atoms with van der Waals surface area (Å²) in [4.78, 5) is 24.2. The first-order valence-corrected chi connectivity index (χ1v) is 10.1. The smallest absolute Gasteiger partial charge is 0.277 e. The maximum absolute atomic E-state index is 12.6. The normalized spacial score (nSPS) is 13.5. The van der Waals surface area contributed by atoms with Crippen LogP contribution in [0.4, 0.5) is 5.69 Å². The Labute approximate surface area is 170 Å². The van der Waals surface area contributed by atoms with E-state index in [1.807, 2.05) is 6.07 Å². The molecule has 0 radical (unpaired) electrons. The lowest BCUT2D eigenvalue weighted by atomic mass is 10.0. The second-order valence-electron chi connectivity index (χ2n) is 6.37. The third-order valence-corrected chi connectivity index (χ3v) is 5.45. The van der Waals surface area contributed by atoms with Gasteiger partial charge in [0, 0.05) is 28.3 Å². The molecule has 142 valence electrons. The summed E-state index contributed by atoms with van der Waals surface area (Å²) in [5, 5.41) is 11.8. The minimum Gasteiger partial charge on any atom is -0.411 e. The van der Waals surface area contributed by atoms with Crippen LogP contribution >= 0.6 is 23.4 Å². The Morgan fingerprint density at radius 3 is 2.79 bits per heavy atom. The number of aryl methyl sites for hydroxylation is 1. The largest absolute Gasteiger partial charge is 0.411 e. The zero-order chi connectivity index (χ0) is 19.5. The number of nitrogens with zero attached hydrogens (tertiary/aromatic N) is 2. The van der Waals surface area contributed by atoms with Gasteiger partial charge in [-0.15, -0.1) is 10.2 Å². The average Bonchev–Trinajstić information content (AvgIpc) is 3.08. The van der Waals surface area contributed by atoms with Gasteiger partial charge in [0.25, 0.3) is 5.22 Å². The summed E-state index contributed by atoms with van der Waals surface area (Å²) in [6.45, 7) is 0. The Bertz CT molecular complexity index is 1030. The molecule has 0 fully saturated rings. The molecule has 28 heavy (non-hydrogen) atoms. The number of benzene rings is 2. The molecule has 3 aromatic rings. The highest BCUT2D eigenvalue weighted by Gasteiger charge is 2.16. The fourth-order valence-corrected chi connectivity index (χ4v) is 3.72. The van der Waals surface area contributed by atoms with E-state index in [4.69, 9.17) is 16.0 Å². The molecule has 0 atom stereocenters. The van der Waals surface area contributed by atoms with Crippen LogP contribution in [0, 0.1) is 0 Å².